The number of carbonyl (C=O) groups excluding carboxylic acids is 1. The van der Waals surface area contributed by atoms with Gasteiger partial charge in [-0.05, 0) is 37.1 Å². The summed E-state index contributed by atoms with van der Waals surface area (Å²) in [5, 5.41) is 3.08. The lowest BCUT2D eigenvalue weighted by atomic mass is 9.95. The number of amides is 1. The van der Waals surface area contributed by atoms with E-state index in [4.69, 9.17) is 5.84 Å². The van der Waals surface area contributed by atoms with Crippen LogP contribution >= 0.6 is 0 Å². The van der Waals surface area contributed by atoms with Crippen LogP contribution in [-0.4, -0.2) is 11.9 Å². The van der Waals surface area contributed by atoms with E-state index in [0.717, 1.165) is 18.5 Å². The Morgan fingerprint density at radius 3 is 2.35 bits per heavy atom. The van der Waals surface area contributed by atoms with Gasteiger partial charge in [-0.3, -0.25) is 10.6 Å². The Hall–Kier alpha value is -1.55. The van der Waals surface area contributed by atoms with Crippen LogP contribution < -0.4 is 16.6 Å². The maximum Gasteiger partial charge on any atom is 0.251 e. The highest BCUT2D eigenvalue weighted by atomic mass is 16.1. The maximum atomic E-state index is 11.9. The Balaban J connectivity index is 1.93. The van der Waals surface area contributed by atoms with E-state index >= 15 is 0 Å². The predicted octanol–water partition coefficient (Wildman–Crippen LogP) is 2.03. The number of nitrogens with one attached hydrogen (secondary N) is 2. The third kappa shape index (κ3) is 3.20. The van der Waals surface area contributed by atoms with E-state index < -0.39 is 0 Å². The van der Waals surface area contributed by atoms with Gasteiger partial charge in [0.05, 0.1) is 0 Å². The second-order valence-corrected chi connectivity index (χ2v) is 4.53. The number of anilines is 1. The molecule has 17 heavy (non-hydrogen) atoms. The van der Waals surface area contributed by atoms with Gasteiger partial charge in [0.25, 0.3) is 5.91 Å². The van der Waals surface area contributed by atoms with E-state index in [9.17, 15) is 4.79 Å². The molecule has 4 heteroatoms. The van der Waals surface area contributed by atoms with Crippen LogP contribution in [0.3, 0.4) is 0 Å². The van der Waals surface area contributed by atoms with Gasteiger partial charge in [-0.2, -0.15) is 0 Å². The van der Waals surface area contributed by atoms with E-state index in [-0.39, 0.29) is 5.91 Å². The lowest BCUT2D eigenvalue weighted by Crippen LogP contribution is -2.36. The zero-order valence-corrected chi connectivity index (χ0v) is 9.91. The molecule has 1 aliphatic rings. The number of benzene rings is 1. The minimum absolute atomic E-state index is 0.0143. The fourth-order valence-electron chi connectivity index (χ4n) is 2.23. The van der Waals surface area contributed by atoms with Gasteiger partial charge in [0.2, 0.25) is 0 Å². The number of hydrogen-bond acceptors (Lipinski definition) is 3. The van der Waals surface area contributed by atoms with Gasteiger partial charge in [0.15, 0.2) is 0 Å². The van der Waals surface area contributed by atoms with Crippen molar-refractivity contribution in [2.45, 2.75) is 38.1 Å². The molecule has 0 saturated heterocycles. The number of carbonyl (C=O) groups is 1. The molecule has 4 N–H and O–H groups in total. The highest BCUT2D eigenvalue weighted by Gasteiger charge is 2.16. The van der Waals surface area contributed by atoms with Crippen molar-refractivity contribution in [3.63, 3.8) is 0 Å². The van der Waals surface area contributed by atoms with E-state index in [1.807, 2.05) is 0 Å². The van der Waals surface area contributed by atoms with Crippen molar-refractivity contribution >= 4 is 11.6 Å². The minimum Gasteiger partial charge on any atom is -0.349 e. The van der Waals surface area contributed by atoms with Crippen LogP contribution in [-0.2, 0) is 0 Å². The van der Waals surface area contributed by atoms with Gasteiger partial charge >= 0.3 is 0 Å². The maximum absolute atomic E-state index is 11.9. The molecule has 1 aliphatic carbocycles. The first-order chi connectivity index (χ1) is 8.29. The Labute approximate surface area is 102 Å². The Kier molecular flexibility index (Phi) is 3.98. The van der Waals surface area contributed by atoms with Crippen LogP contribution in [0.1, 0.15) is 42.5 Å². The number of hydrazine groups is 1. The normalized spacial score (nSPS) is 16.5. The summed E-state index contributed by atoms with van der Waals surface area (Å²) in [5.74, 6) is 5.29. The Morgan fingerprint density at radius 1 is 1.12 bits per heavy atom. The first kappa shape index (κ1) is 11.9. The van der Waals surface area contributed by atoms with E-state index in [1.54, 1.807) is 24.3 Å². The van der Waals surface area contributed by atoms with Gasteiger partial charge in [-0.1, -0.05) is 19.3 Å². The molecule has 2 rings (SSSR count). The standard InChI is InChI=1S/C13H19N3O/c14-16-12-8-6-10(7-9-12)13(17)15-11-4-2-1-3-5-11/h6-9,11,16H,1-5,14H2,(H,15,17). The first-order valence-corrected chi connectivity index (χ1v) is 6.17. The summed E-state index contributed by atoms with van der Waals surface area (Å²) < 4.78 is 0. The van der Waals surface area contributed by atoms with Gasteiger partial charge in [0, 0.05) is 17.3 Å². The van der Waals surface area contributed by atoms with Crippen molar-refractivity contribution in [1.82, 2.24) is 5.32 Å². The molecule has 0 spiro atoms. The van der Waals surface area contributed by atoms with Crippen LogP contribution in [0.15, 0.2) is 24.3 Å². The van der Waals surface area contributed by atoms with Crippen LogP contribution in [0.25, 0.3) is 0 Å². The largest absolute Gasteiger partial charge is 0.349 e. The number of hydrogen-bond donors (Lipinski definition) is 3. The topological polar surface area (TPSA) is 67.1 Å². The fourth-order valence-corrected chi connectivity index (χ4v) is 2.23. The number of rotatable bonds is 3. The van der Waals surface area contributed by atoms with E-state index in [0.29, 0.717) is 11.6 Å². The molecule has 0 radical (unpaired) electrons. The molecule has 0 bridgehead atoms. The Morgan fingerprint density at radius 2 is 1.76 bits per heavy atom. The highest BCUT2D eigenvalue weighted by Crippen LogP contribution is 2.18. The zero-order chi connectivity index (χ0) is 12.1. The minimum atomic E-state index is 0.0143. The molecule has 4 nitrogen and oxygen atoms in total. The fraction of sp³-hybridized carbons (Fsp3) is 0.462. The molecule has 0 aliphatic heterocycles. The second kappa shape index (κ2) is 5.68. The highest BCUT2D eigenvalue weighted by molar-refractivity contribution is 5.94. The quantitative estimate of drug-likeness (QED) is 0.553. The molecule has 1 saturated carbocycles. The lowest BCUT2D eigenvalue weighted by molar-refractivity contribution is 0.0928. The van der Waals surface area contributed by atoms with Crippen LogP contribution in [0.2, 0.25) is 0 Å². The molecule has 0 unspecified atom stereocenters. The molecule has 1 fully saturated rings. The summed E-state index contributed by atoms with van der Waals surface area (Å²) in [4.78, 5) is 11.9. The summed E-state index contributed by atoms with van der Waals surface area (Å²) in [5.41, 5.74) is 4.04. The third-order valence-electron chi connectivity index (χ3n) is 3.25. The smallest absolute Gasteiger partial charge is 0.251 e. The molecule has 0 atom stereocenters. The summed E-state index contributed by atoms with van der Waals surface area (Å²) in [6.45, 7) is 0. The molecule has 1 aromatic rings. The van der Waals surface area contributed by atoms with Crippen molar-refractivity contribution in [3.05, 3.63) is 29.8 Å². The van der Waals surface area contributed by atoms with Crippen molar-refractivity contribution in [2.75, 3.05) is 5.43 Å². The van der Waals surface area contributed by atoms with Gasteiger partial charge in [-0.25, -0.2) is 0 Å². The van der Waals surface area contributed by atoms with Crippen molar-refractivity contribution in [2.24, 2.45) is 5.84 Å². The monoisotopic (exact) mass is 233 g/mol. The predicted molar refractivity (Wildman–Crippen MR) is 68.6 cm³/mol. The molecule has 92 valence electrons. The number of nitrogens with two attached hydrogens (primary N) is 1. The Bertz CT molecular complexity index is 369. The summed E-state index contributed by atoms with van der Waals surface area (Å²) in [7, 11) is 0. The molecule has 1 aromatic carbocycles. The molecule has 0 heterocycles. The zero-order valence-electron chi connectivity index (χ0n) is 9.91. The van der Waals surface area contributed by atoms with Crippen LogP contribution in [0.4, 0.5) is 5.69 Å². The molecular formula is C13H19N3O. The van der Waals surface area contributed by atoms with E-state index in [1.165, 1.54) is 19.3 Å². The SMILES string of the molecule is NNc1ccc(C(=O)NC2CCCCC2)cc1. The van der Waals surface area contributed by atoms with Gasteiger partial charge < -0.3 is 10.7 Å². The van der Waals surface area contributed by atoms with Crippen molar-refractivity contribution < 1.29 is 4.79 Å². The summed E-state index contributed by atoms with van der Waals surface area (Å²) in [6, 6.07) is 7.52. The molecular weight excluding hydrogens is 214 g/mol. The second-order valence-electron chi connectivity index (χ2n) is 4.53. The molecule has 1 amide bonds. The van der Waals surface area contributed by atoms with E-state index in [2.05, 4.69) is 10.7 Å². The first-order valence-electron chi connectivity index (χ1n) is 6.17. The van der Waals surface area contributed by atoms with Crippen LogP contribution in [0.5, 0.6) is 0 Å². The summed E-state index contributed by atoms with van der Waals surface area (Å²) in [6.07, 6.45) is 5.95. The average molecular weight is 233 g/mol. The van der Waals surface area contributed by atoms with Gasteiger partial charge in [-0.15, -0.1) is 0 Å². The van der Waals surface area contributed by atoms with Crippen molar-refractivity contribution in [3.8, 4) is 0 Å². The average Bonchev–Trinajstić information content (AvgIpc) is 2.40. The van der Waals surface area contributed by atoms with Crippen LogP contribution in [0, 0.1) is 0 Å². The summed E-state index contributed by atoms with van der Waals surface area (Å²) >= 11 is 0. The van der Waals surface area contributed by atoms with Crippen molar-refractivity contribution in [1.29, 1.82) is 0 Å². The van der Waals surface area contributed by atoms with Gasteiger partial charge in [0.1, 0.15) is 0 Å². The number of nitrogen functional groups attached to an aromatic ring is 1. The molecule has 0 aromatic heterocycles. The lowest BCUT2D eigenvalue weighted by Gasteiger charge is -2.22. The third-order valence-corrected chi connectivity index (χ3v) is 3.25.